The molecule has 5 heteroatoms. The van der Waals surface area contributed by atoms with E-state index in [0.29, 0.717) is 17.1 Å². The molecule has 0 radical (unpaired) electrons. The van der Waals surface area contributed by atoms with Crippen LogP contribution in [0.5, 0.6) is 0 Å². The van der Waals surface area contributed by atoms with Gasteiger partial charge in [-0.15, -0.1) is 0 Å². The minimum atomic E-state index is -0.257. The van der Waals surface area contributed by atoms with Gasteiger partial charge in [0, 0.05) is 17.4 Å². The fraction of sp³-hybridized carbons (Fsp3) is 0.125. The number of rotatable bonds is 3. The average molecular weight is 280 g/mol. The first kappa shape index (κ1) is 13.2. The normalized spacial score (nSPS) is 10.7. The van der Waals surface area contributed by atoms with Gasteiger partial charge in [0.1, 0.15) is 0 Å². The molecule has 0 fully saturated rings. The van der Waals surface area contributed by atoms with Crippen LogP contribution in [-0.4, -0.2) is 16.1 Å². The van der Waals surface area contributed by atoms with Crippen molar-refractivity contribution in [2.75, 3.05) is 11.1 Å². The number of benzene rings is 2. The zero-order valence-electron chi connectivity index (χ0n) is 11.7. The van der Waals surface area contributed by atoms with Crippen molar-refractivity contribution in [2.45, 2.75) is 13.3 Å². The van der Waals surface area contributed by atoms with Gasteiger partial charge >= 0.3 is 0 Å². The van der Waals surface area contributed by atoms with Crippen LogP contribution in [0.15, 0.2) is 42.5 Å². The molecule has 1 heterocycles. The van der Waals surface area contributed by atoms with E-state index >= 15 is 0 Å². The Hall–Kier alpha value is -2.82. The van der Waals surface area contributed by atoms with Crippen molar-refractivity contribution < 1.29 is 4.79 Å². The molecule has 3 aromatic rings. The average Bonchev–Trinajstić information content (AvgIpc) is 2.94. The van der Waals surface area contributed by atoms with Crippen molar-refractivity contribution in [1.29, 1.82) is 0 Å². The van der Waals surface area contributed by atoms with Crippen LogP contribution in [0.4, 0.5) is 11.5 Å². The van der Waals surface area contributed by atoms with Crippen LogP contribution in [-0.2, 0) is 6.42 Å². The Balaban J connectivity index is 1.91. The SMILES string of the molecule is CCc1cc(NC(=O)c2cc3ccccc3cc2N)n[nH]1. The van der Waals surface area contributed by atoms with Crippen LogP contribution < -0.4 is 11.1 Å². The maximum absolute atomic E-state index is 12.3. The minimum absolute atomic E-state index is 0.257. The molecule has 4 N–H and O–H groups in total. The van der Waals surface area contributed by atoms with E-state index in [4.69, 9.17) is 5.73 Å². The molecule has 0 unspecified atom stereocenters. The summed E-state index contributed by atoms with van der Waals surface area (Å²) in [4.78, 5) is 12.3. The predicted octanol–water partition coefficient (Wildman–Crippen LogP) is 2.96. The topological polar surface area (TPSA) is 83.8 Å². The van der Waals surface area contributed by atoms with Crippen molar-refractivity contribution in [2.24, 2.45) is 0 Å². The Morgan fingerprint density at radius 2 is 1.95 bits per heavy atom. The van der Waals surface area contributed by atoms with Crippen LogP contribution in [0.3, 0.4) is 0 Å². The summed E-state index contributed by atoms with van der Waals surface area (Å²) in [5.74, 6) is 0.247. The molecule has 0 bridgehead atoms. The molecule has 0 aliphatic carbocycles. The van der Waals surface area contributed by atoms with E-state index in [1.54, 1.807) is 6.07 Å². The molecule has 106 valence electrons. The van der Waals surface area contributed by atoms with E-state index in [2.05, 4.69) is 15.5 Å². The molecule has 5 nitrogen and oxygen atoms in total. The molecule has 0 saturated carbocycles. The molecular formula is C16H16N4O. The maximum atomic E-state index is 12.3. The van der Waals surface area contributed by atoms with Crippen LogP contribution in [0.1, 0.15) is 23.0 Å². The highest BCUT2D eigenvalue weighted by Crippen LogP contribution is 2.22. The summed E-state index contributed by atoms with van der Waals surface area (Å²) < 4.78 is 0. The van der Waals surface area contributed by atoms with E-state index in [9.17, 15) is 4.79 Å². The molecule has 0 spiro atoms. The number of aromatic amines is 1. The summed E-state index contributed by atoms with van der Waals surface area (Å²) in [5.41, 5.74) is 7.86. The van der Waals surface area contributed by atoms with Gasteiger partial charge in [-0.25, -0.2) is 0 Å². The van der Waals surface area contributed by atoms with Crippen LogP contribution in [0.2, 0.25) is 0 Å². The van der Waals surface area contributed by atoms with Gasteiger partial charge in [-0.3, -0.25) is 9.89 Å². The van der Waals surface area contributed by atoms with E-state index < -0.39 is 0 Å². The summed E-state index contributed by atoms with van der Waals surface area (Å²) in [5, 5.41) is 11.7. The van der Waals surface area contributed by atoms with Crippen LogP contribution in [0.25, 0.3) is 10.8 Å². The lowest BCUT2D eigenvalue weighted by Gasteiger charge is -2.07. The number of carbonyl (C=O) groups excluding carboxylic acids is 1. The third-order valence-electron chi connectivity index (χ3n) is 3.42. The quantitative estimate of drug-likeness (QED) is 0.645. The van der Waals surface area contributed by atoms with Gasteiger partial charge in [0.2, 0.25) is 0 Å². The number of hydrogen-bond acceptors (Lipinski definition) is 3. The Kier molecular flexibility index (Phi) is 3.31. The second-order valence-electron chi connectivity index (χ2n) is 4.87. The Labute approximate surface area is 122 Å². The molecule has 0 aliphatic heterocycles. The first-order valence-corrected chi connectivity index (χ1v) is 6.81. The van der Waals surface area contributed by atoms with E-state index in [0.717, 1.165) is 22.9 Å². The zero-order valence-corrected chi connectivity index (χ0v) is 11.7. The summed E-state index contributed by atoms with van der Waals surface area (Å²) in [6, 6.07) is 13.2. The highest BCUT2D eigenvalue weighted by molar-refractivity contribution is 6.10. The number of aryl methyl sites for hydroxylation is 1. The number of nitrogens with one attached hydrogen (secondary N) is 2. The molecule has 0 aliphatic rings. The predicted molar refractivity (Wildman–Crippen MR) is 84.3 cm³/mol. The summed E-state index contributed by atoms with van der Waals surface area (Å²) >= 11 is 0. The molecule has 3 rings (SSSR count). The lowest BCUT2D eigenvalue weighted by molar-refractivity contribution is 0.102. The van der Waals surface area contributed by atoms with E-state index in [1.807, 2.05) is 43.3 Å². The van der Waals surface area contributed by atoms with Gasteiger partial charge in [-0.1, -0.05) is 31.2 Å². The first-order chi connectivity index (χ1) is 10.2. The monoisotopic (exact) mass is 280 g/mol. The number of H-pyrrole nitrogens is 1. The van der Waals surface area contributed by atoms with Crippen molar-refractivity contribution in [1.82, 2.24) is 10.2 Å². The zero-order chi connectivity index (χ0) is 14.8. The fourth-order valence-electron chi connectivity index (χ4n) is 2.24. The Morgan fingerprint density at radius 3 is 2.62 bits per heavy atom. The number of carbonyl (C=O) groups is 1. The van der Waals surface area contributed by atoms with Gasteiger partial charge in [-0.05, 0) is 29.3 Å². The molecule has 21 heavy (non-hydrogen) atoms. The standard InChI is InChI=1S/C16H16N4O/c1-2-12-9-15(20-19-12)18-16(21)13-7-10-5-3-4-6-11(10)8-14(13)17/h3-9H,2,17H2,1H3,(H2,18,19,20,21). The second kappa shape index (κ2) is 5.28. The smallest absolute Gasteiger partial charge is 0.258 e. The largest absolute Gasteiger partial charge is 0.398 e. The highest BCUT2D eigenvalue weighted by Gasteiger charge is 2.12. The third-order valence-corrected chi connectivity index (χ3v) is 3.42. The minimum Gasteiger partial charge on any atom is -0.398 e. The molecule has 1 amide bonds. The number of fused-ring (bicyclic) bond motifs is 1. The van der Waals surface area contributed by atoms with Crippen molar-refractivity contribution >= 4 is 28.2 Å². The number of hydrogen-bond donors (Lipinski definition) is 3. The first-order valence-electron chi connectivity index (χ1n) is 6.81. The van der Waals surface area contributed by atoms with Gasteiger partial charge in [0.05, 0.1) is 5.56 Å². The van der Waals surface area contributed by atoms with Gasteiger partial charge in [0.15, 0.2) is 5.82 Å². The van der Waals surface area contributed by atoms with E-state index in [1.165, 1.54) is 0 Å². The number of nitrogens with two attached hydrogens (primary N) is 1. The lowest BCUT2D eigenvalue weighted by Crippen LogP contribution is -2.14. The molecule has 0 atom stereocenters. The highest BCUT2D eigenvalue weighted by atomic mass is 16.1. The summed E-state index contributed by atoms with van der Waals surface area (Å²) in [6.07, 6.45) is 0.834. The van der Waals surface area contributed by atoms with Gasteiger partial charge < -0.3 is 11.1 Å². The van der Waals surface area contributed by atoms with Crippen LogP contribution in [0, 0.1) is 0 Å². The van der Waals surface area contributed by atoms with Gasteiger partial charge in [-0.2, -0.15) is 5.10 Å². The maximum Gasteiger partial charge on any atom is 0.258 e. The molecule has 2 aromatic carbocycles. The van der Waals surface area contributed by atoms with Crippen molar-refractivity contribution in [3.63, 3.8) is 0 Å². The number of nitrogens with zero attached hydrogens (tertiary/aromatic N) is 1. The lowest BCUT2D eigenvalue weighted by atomic mass is 10.0. The summed E-state index contributed by atoms with van der Waals surface area (Å²) in [6.45, 7) is 2.01. The molecule has 0 saturated heterocycles. The Bertz CT molecular complexity index is 807. The van der Waals surface area contributed by atoms with Crippen LogP contribution >= 0.6 is 0 Å². The number of amides is 1. The third kappa shape index (κ3) is 2.58. The molecular weight excluding hydrogens is 264 g/mol. The number of nitrogen functional groups attached to an aromatic ring is 1. The van der Waals surface area contributed by atoms with Crippen molar-refractivity contribution in [3.8, 4) is 0 Å². The number of aromatic nitrogens is 2. The fourth-order valence-corrected chi connectivity index (χ4v) is 2.24. The molecule has 1 aromatic heterocycles. The second-order valence-corrected chi connectivity index (χ2v) is 4.87. The summed E-state index contributed by atoms with van der Waals surface area (Å²) in [7, 11) is 0. The van der Waals surface area contributed by atoms with Gasteiger partial charge in [0.25, 0.3) is 5.91 Å². The van der Waals surface area contributed by atoms with Crippen molar-refractivity contribution in [3.05, 3.63) is 53.7 Å². The number of anilines is 2. The van der Waals surface area contributed by atoms with E-state index in [-0.39, 0.29) is 5.91 Å². The Morgan fingerprint density at radius 1 is 1.24 bits per heavy atom.